The summed E-state index contributed by atoms with van der Waals surface area (Å²) in [5.41, 5.74) is 2.01. The highest BCUT2D eigenvalue weighted by Crippen LogP contribution is 2.30. The fourth-order valence-corrected chi connectivity index (χ4v) is 3.86. The summed E-state index contributed by atoms with van der Waals surface area (Å²) in [5, 5.41) is 12.2. The molecule has 2 amide bonds. The maximum absolute atomic E-state index is 15.0. The highest BCUT2D eigenvalue weighted by Gasteiger charge is 2.27. The van der Waals surface area contributed by atoms with Crippen molar-refractivity contribution in [1.29, 1.82) is 0 Å². The van der Waals surface area contributed by atoms with Gasteiger partial charge in [-0.15, -0.1) is 0 Å². The van der Waals surface area contributed by atoms with Crippen molar-refractivity contribution >= 4 is 29.2 Å². The normalized spacial score (nSPS) is 16.5. The molecule has 2 aromatic heterocycles. The van der Waals surface area contributed by atoms with Crippen LogP contribution in [-0.2, 0) is 11.2 Å². The Kier molecular flexibility index (Phi) is 5.79. The summed E-state index contributed by atoms with van der Waals surface area (Å²) in [6.45, 7) is 0.786. The lowest BCUT2D eigenvalue weighted by molar-refractivity contribution is -0.0214. The fourth-order valence-electron chi connectivity index (χ4n) is 3.71. The predicted octanol–water partition coefficient (Wildman–Crippen LogP) is 3.07. The van der Waals surface area contributed by atoms with E-state index in [1.54, 1.807) is 22.7 Å². The van der Waals surface area contributed by atoms with E-state index in [0.717, 1.165) is 6.07 Å². The summed E-state index contributed by atoms with van der Waals surface area (Å²) in [4.78, 5) is 29.0. The number of nitrogens with zero attached hydrogens (tertiary/aromatic N) is 3. The monoisotopic (exact) mass is 446 g/mol. The number of morpholine rings is 1. The molecule has 162 valence electrons. The molecule has 1 saturated heterocycles. The summed E-state index contributed by atoms with van der Waals surface area (Å²) >= 11 is 6.11. The molecule has 0 spiro atoms. The Hall–Kier alpha value is -3.17. The van der Waals surface area contributed by atoms with E-state index in [1.165, 1.54) is 24.1 Å². The van der Waals surface area contributed by atoms with Crippen LogP contribution in [-0.4, -0.2) is 64.2 Å². The third-order valence-corrected chi connectivity index (χ3v) is 5.47. The second-order valence-electron chi connectivity index (χ2n) is 7.18. The highest BCUT2D eigenvalue weighted by molar-refractivity contribution is 6.30. The van der Waals surface area contributed by atoms with Crippen molar-refractivity contribution in [3.05, 3.63) is 58.6 Å². The van der Waals surface area contributed by atoms with Gasteiger partial charge in [0.05, 0.1) is 30.6 Å². The summed E-state index contributed by atoms with van der Waals surface area (Å²) in [7, 11) is 1.47. The minimum Gasteiger partial charge on any atom is -0.465 e. The van der Waals surface area contributed by atoms with Gasteiger partial charge < -0.3 is 24.5 Å². The lowest BCUT2D eigenvalue weighted by Gasteiger charge is -2.31. The van der Waals surface area contributed by atoms with Crippen LogP contribution in [0, 0.1) is 5.82 Å². The van der Waals surface area contributed by atoms with Crippen molar-refractivity contribution in [2.75, 3.05) is 26.7 Å². The van der Waals surface area contributed by atoms with E-state index in [9.17, 15) is 19.1 Å². The first-order valence-electron chi connectivity index (χ1n) is 9.65. The molecule has 0 radical (unpaired) electrons. The van der Waals surface area contributed by atoms with Crippen molar-refractivity contribution < 1.29 is 23.8 Å². The van der Waals surface area contributed by atoms with Crippen molar-refractivity contribution in [1.82, 2.24) is 19.6 Å². The molecule has 1 fully saturated rings. The van der Waals surface area contributed by atoms with E-state index in [1.807, 2.05) is 0 Å². The molecule has 1 aliphatic rings. The molecule has 0 aliphatic carbocycles. The largest absolute Gasteiger partial charge is 0.465 e. The van der Waals surface area contributed by atoms with E-state index in [2.05, 4.69) is 10.3 Å². The maximum atomic E-state index is 15.0. The number of benzene rings is 1. The number of carboxylic acid groups (broad SMARTS) is 1. The van der Waals surface area contributed by atoms with Gasteiger partial charge in [0.15, 0.2) is 0 Å². The fraction of sp³-hybridized carbons (Fsp3) is 0.286. The highest BCUT2D eigenvalue weighted by atomic mass is 35.5. The first kappa shape index (κ1) is 21.1. The summed E-state index contributed by atoms with van der Waals surface area (Å²) in [6.07, 6.45) is 0.637. The molecule has 1 atom stereocenters. The number of rotatable bonds is 4. The zero-order valence-corrected chi connectivity index (χ0v) is 17.4. The summed E-state index contributed by atoms with van der Waals surface area (Å²) in [6, 6.07) is 7.56. The van der Waals surface area contributed by atoms with E-state index < -0.39 is 23.9 Å². The van der Waals surface area contributed by atoms with Crippen LogP contribution in [0.3, 0.4) is 0 Å². The van der Waals surface area contributed by atoms with Crippen LogP contribution < -0.4 is 5.32 Å². The molecule has 3 heterocycles. The number of imidazole rings is 1. The van der Waals surface area contributed by atoms with Gasteiger partial charge in [-0.3, -0.25) is 4.79 Å². The minimum atomic E-state index is -1.01. The number of hydrogen-bond acceptors (Lipinski definition) is 4. The number of ether oxygens (including phenoxy) is 1. The van der Waals surface area contributed by atoms with Gasteiger partial charge in [0.2, 0.25) is 0 Å². The van der Waals surface area contributed by atoms with E-state index in [4.69, 9.17) is 16.3 Å². The number of hydrogen-bond donors (Lipinski definition) is 2. The molecule has 3 aromatic rings. The molecular weight excluding hydrogens is 427 g/mol. The number of pyridine rings is 1. The van der Waals surface area contributed by atoms with Crippen LogP contribution in [0.1, 0.15) is 16.1 Å². The van der Waals surface area contributed by atoms with Gasteiger partial charge >= 0.3 is 6.09 Å². The summed E-state index contributed by atoms with van der Waals surface area (Å²) < 4.78 is 22.6. The number of fused-ring (bicyclic) bond motifs is 1. The second kappa shape index (κ2) is 8.52. The zero-order chi connectivity index (χ0) is 22.1. The maximum Gasteiger partial charge on any atom is 0.407 e. The van der Waals surface area contributed by atoms with Crippen LogP contribution in [0.5, 0.6) is 0 Å². The number of halogens is 2. The standard InChI is InChI=1S/C21H20ClFN4O4/c1-24-20(28)12-2-3-15(16(23)8-12)19-17(27-5-4-13(22)9-18(27)25-19)10-14-11-26(21(29)30)6-7-31-14/h2-5,8-9,14H,6-7,10-11H2,1H3,(H,24,28)(H,29,30). The first-order chi connectivity index (χ1) is 14.9. The Morgan fingerprint density at radius 2 is 2.16 bits per heavy atom. The quantitative estimate of drug-likeness (QED) is 0.642. The third-order valence-electron chi connectivity index (χ3n) is 5.23. The minimum absolute atomic E-state index is 0.199. The second-order valence-corrected chi connectivity index (χ2v) is 7.62. The predicted molar refractivity (Wildman–Crippen MR) is 112 cm³/mol. The molecule has 0 saturated carbocycles. The molecule has 0 bridgehead atoms. The van der Waals surface area contributed by atoms with Crippen LogP contribution in [0.2, 0.25) is 5.02 Å². The van der Waals surface area contributed by atoms with E-state index in [-0.39, 0.29) is 24.3 Å². The number of amides is 2. The van der Waals surface area contributed by atoms with Gasteiger partial charge in [-0.25, -0.2) is 14.2 Å². The SMILES string of the molecule is CNC(=O)c1ccc(-c2nc3cc(Cl)ccn3c2CC2CN(C(=O)O)CCO2)c(F)c1. The first-order valence-corrected chi connectivity index (χ1v) is 10.0. The van der Waals surface area contributed by atoms with Crippen LogP contribution in [0.4, 0.5) is 9.18 Å². The lowest BCUT2D eigenvalue weighted by atomic mass is 10.0. The van der Waals surface area contributed by atoms with Crippen molar-refractivity contribution in [3.8, 4) is 11.3 Å². The molecule has 2 N–H and O–H groups in total. The Bertz CT molecular complexity index is 1170. The van der Waals surface area contributed by atoms with Gasteiger partial charge in [-0.1, -0.05) is 11.6 Å². The Morgan fingerprint density at radius 1 is 1.35 bits per heavy atom. The number of carbonyl (C=O) groups excluding carboxylic acids is 1. The van der Waals surface area contributed by atoms with Crippen molar-refractivity contribution in [2.45, 2.75) is 12.5 Å². The molecule has 8 nitrogen and oxygen atoms in total. The average molecular weight is 447 g/mol. The molecule has 4 rings (SSSR count). The van der Waals surface area contributed by atoms with Gasteiger partial charge in [-0.05, 0) is 24.3 Å². The molecule has 31 heavy (non-hydrogen) atoms. The van der Waals surface area contributed by atoms with E-state index >= 15 is 0 Å². The Morgan fingerprint density at radius 3 is 2.87 bits per heavy atom. The van der Waals surface area contributed by atoms with E-state index in [0.29, 0.717) is 35.0 Å². The van der Waals surface area contributed by atoms with Crippen LogP contribution in [0.25, 0.3) is 16.9 Å². The number of aromatic nitrogens is 2. The Balaban J connectivity index is 1.77. The van der Waals surface area contributed by atoms with Crippen LogP contribution >= 0.6 is 11.6 Å². The number of nitrogens with one attached hydrogen (secondary N) is 1. The molecular formula is C21H20ClFN4O4. The van der Waals surface area contributed by atoms with Crippen molar-refractivity contribution in [2.24, 2.45) is 0 Å². The van der Waals surface area contributed by atoms with Gasteiger partial charge in [0.1, 0.15) is 11.5 Å². The molecule has 1 aliphatic heterocycles. The van der Waals surface area contributed by atoms with Gasteiger partial charge in [0, 0.05) is 48.4 Å². The molecule has 1 unspecified atom stereocenters. The van der Waals surface area contributed by atoms with Gasteiger partial charge in [0.25, 0.3) is 5.91 Å². The van der Waals surface area contributed by atoms with Crippen molar-refractivity contribution in [3.63, 3.8) is 0 Å². The van der Waals surface area contributed by atoms with Crippen LogP contribution in [0.15, 0.2) is 36.5 Å². The van der Waals surface area contributed by atoms with Gasteiger partial charge in [-0.2, -0.15) is 0 Å². The molecule has 1 aromatic carbocycles. The topological polar surface area (TPSA) is 96.2 Å². The average Bonchev–Trinajstić information content (AvgIpc) is 3.10. The zero-order valence-electron chi connectivity index (χ0n) is 16.6. The summed E-state index contributed by atoms with van der Waals surface area (Å²) in [5.74, 6) is -0.981. The lowest BCUT2D eigenvalue weighted by Crippen LogP contribution is -2.45. The number of carbonyl (C=O) groups is 2. The molecule has 10 heteroatoms. The smallest absolute Gasteiger partial charge is 0.407 e. The Labute approximate surface area is 182 Å². The third kappa shape index (κ3) is 4.19.